The topological polar surface area (TPSA) is 45.1 Å². The maximum atomic E-state index is 13.2. The number of anilines is 1. The number of carbonyl (C=O) groups excluding carboxylic acids is 1. The fraction of sp³-hybridized carbons (Fsp3) is 0.273. The van der Waals surface area contributed by atoms with Crippen molar-refractivity contribution in [2.24, 2.45) is 4.99 Å². The maximum absolute atomic E-state index is 13.2. The van der Waals surface area contributed by atoms with Crippen LogP contribution in [0.25, 0.3) is 0 Å². The van der Waals surface area contributed by atoms with Crippen molar-refractivity contribution < 1.29 is 9.53 Å². The van der Waals surface area contributed by atoms with E-state index in [0.29, 0.717) is 6.54 Å². The van der Waals surface area contributed by atoms with Crippen LogP contribution in [0.3, 0.4) is 0 Å². The number of nitrogens with zero attached hydrogens (tertiary/aromatic N) is 3. The Bertz CT molecular complexity index is 1060. The zero-order valence-electron chi connectivity index (χ0n) is 17.1. The van der Waals surface area contributed by atoms with Gasteiger partial charge in [0.2, 0.25) is 0 Å². The number of hydrogen-bond acceptors (Lipinski definition) is 6. The van der Waals surface area contributed by atoms with E-state index in [2.05, 4.69) is 30.0 Å². The van der Waals surface area contributed by atoms with Crippen molar-refractivity contribution in [1.82, 2.24) is 4.90 Å². The molecule has 7 heteroatoms. The van der Waals surface area contributed by atoms with Gasteiger partial charge < -0.3 is 9.64 Å². The van der Waals surface area contributed by atoms with E-state index < -0.39 is 0 Å². The minimum atomic E-state index is 0.00989. The largest absolute Gasteiger partial charge is 0.497 e. The minimum Gasteiger partial charge on any atom is -0.497 e. The van der Waals surface area contributed by atoms with E-state index in [1.54, 1.807) is 23.8 Å². The van der Waals surface area contributed by atoms with E-state index in [-0.39, 0.29) is 5.91 Å². The summed E-state index contributed by atoms with van der Waals surface area (Å²) in [5.41, 5.74) is 4.21. The number of aryl methyl sites for hydroxylation is 2. The molecule has 0 radical (unpaired) electrons. The first-order valence-corrected chi connectivity index (χ1v) is 11.1. The van der Waals surface area contributed by atoms with Crippen LogP contribution in [0.15, 0.2) is 56.2 Å². The van der Waals surface area contributed by atoms with Gasteiger partial charge in [-0.1, -0.05) is 23.9 Å². The second-order valence-electron chi connectivity index (χ2n) is 6.96. The first kappa shape index (κ1) is 19.9. The van der Waals surface area contributed by atoms with E-state index in [0.717, 1.165) is 48.2 Å². The number of carbonyl (C=O) groups is 1. The van der Waals surface area contributed by atoms with E-state index in [1.165, 1.54) is 11.8 Å². The van der Waals surface area contributed by atoms with Crippen molar-refractivity contribution in [1.29, 1.82) is 0 Å². The van der Waals surface area contributed by atoms with E-state index in [4.69, 9.17) is 9.73 Å². The lowest BCUT2D eigenvalue weighted by molar-refractivity contribution is -0.122. The van der Waals surface area contributed by atoms with E-state index in [9.17, 15) is 4.79 Å². The van der Waals surface area contributed by atoms with Gasteiger partial charge in [0.1, 0.15) is 10.7 Å². The highest BCUT2D eigenvalue weighted by molar-refractivity contribution is 8.19. The molecule has 0 atom stereocenters. The summed E-state index contributed by atoms with van der Waals surface area (Å²) >= 11 is 3.07. The number of rotatable bonds is 3. The normalized spacial score (nSPS) is 20.0. The fourth-order valence-corrected chi connectivity index (χ4v) is 5.67. The average molecular weight is 426 g/mol. The Labute approximate surface area is 179 Å². The zero-order chi connectivity index (χ0) is 20.7. The molecule has 1 fully saturated rings. The predicted molar refractivity (Wildman–Crippen MR) is 122 cm³/mol. The second kappa shape index (κ2) is 7.80. The minimum absolute atomic E-state index is 0.00989. The molecular formula is C22H23N3O2S2. The van der Waals surface area contributed by atoms with Crippen molar-refractivity contribution in [3.63, 3.8) is 0 Å². The molecule has 0 aliphatic carbocycles. The number of fused-ring (bicyclic) bond motifs is 1. The predicted octanol–water partition coefficient (Wildman–Crippen LogP) is 5.31. The fourth-order valence-electron chi connectivity index (χ4n) is 3.29. The number of hydrogen-bond donors (Lipinski definition) is 0. The Hall–Kier alpha value is -2.38. The molecule has 2 aromatic rings. The summed E-state index contributed by atoms with van der Waals surface area (Å²) in [5, 5.41) is 1.67. The van der Waals surface area contributed by atoms with Crippen molar-refractivity contribution in [2.75, 3.05) is 25.6 Å². The summed E-state index contributed by atoms with van der Waals surface area (Å²) in [6, 6.07) is 12.2. The lowest BCUT2D eigenvalue weighted by atomic mass is 10.1. The summed E-state index contributed by atoms with van der Waals surface area (Å²) in [4.78, 5) is 23.7. The number of ether oxygens (including phenoxy) is 1. The Morgan fingerprint density at radius 1 is 1.10 bits per heavy atom. The molecule has 5 nitrogen and oxygen atoms in total. The molecule has 0 aromatic heterocycles. The number of benzene rings is 2. The van der Waals surface area contributed by atoms with Gasteiger partial charge in [-0.25, -0.2) is 4.99 Å². The number of amidine groups is 1. The summed E-state index contributed by atoms with van der Waals surface area (Å²) in [6.07, 6.45) is 0. The first-order chi connectivity index (χ1) is 13.9. The van der Waals surface area contributed by atoms with Crippen molar-refractivity contribution in [3.8, 4) is 5.75 Å². The van der Waals surface area contributed by atoms with Crippen LogP contribution in [0.5, 0.6) is 5.75 Å². The summed E-state index contributed by atoms with van der Waals surface area (Å²) < 4.78 is 5.36. The van der Waals surface area contributed by atoms with Crippen molar-refractivity contribution >= 4 is 46.0 Å². The molecule has 0 unspecified atom stereocenters. The molecule has 2 aliphatic rings. The van der Waals surface area contributed by atoms with E-state index in [1.807, 2.05) is 39.1 Å². The SMILES string of the molecule is CCN1C(=O)/C(=C2/Sc3ccc(OC)cc3N2C)SC1=Nc1cc(C)ccc1C. The monoisotopic (exact) mass is 425 g/mol. The van der Waals surface area contributed by atoms with Crippen molar-refractivity contribution in [3.05, 3.63) is 57.5 Å². The van der Waals surface area contributed by atoms with Crippen LogP contribution in [0.2, 0.25) is 0 Å². The number of methoxy groups -OCH3 is 1. The molecule has 0 N–H and O–H groups in total. The number of likely N-dealkylation sites (N-methyl/N-ethyl adjacent to an activating group) is 1. The van der Waals surface area contributed by atoms with Gasteiger partial charge in [0.15, 0.2) is 5.17 Å². The van der Waals surface area contributed by atoms with Crippen LogP contribution < -0.4 is 9.64 Å². The number of aliphatic imine (C=N–C) groups is 1. The third-order valence-electron chi connectivity index (χ3n) is 4.99. The van der Waals surface area contributed by atoms with Crippen LogP contribution in [0, 0.1) is 13.8 Å². The molecule has 2 aromatic carbocycles. The summed E-state index contributed by atoms with van der Waals surface area (Å²) in [5.74, 6) is 0.816. The zero-order valence-corrected chi connectivity index (χ0v) is 18.8. The second-order valence-corrected chi connectivity index (χ2v) is 8.97. The van der Waals surface area contributed by atoms with Gasteiger partial charge in [-0.3, -0.25) is 9.69 Å². The highest BCUT2D eigenvalue weighted by atomic mass is 32.2. The quantitative estimate of drug-likeness (QED) is 0.624. The van der Waals surface area contributed by atoms with Crippen LogP contribution in [0.4, 0.5) is 11.4 Å². The van der Waals surface area contributed by atoms with Crippen LogP contribution in [-0.2, 0) is 4.79 Å². The molecule has 0 bridgehead atoms. The molecule has 2 aliphatic heterocycles. The molecular weight excluding hydrogens is 402 g/mol. The molecule has 1 saturated heterocycles. The molecule has 0 saturated carbocycles. The van der Waals surface area contributed by atoms with Gasteiger partial charge in [-0.15, -0.1) is 0 Å². The molecule has 29 heavy (non-hydrogen) atoms. The molecule has 1 amide bonds. The Morgan fingerprint density at radius 3 is 2.62 bits per heavy atom. The Morgan fingerprint density at radius 2 is 1.90 bits per heavy atom. The van der Waals surface area contributed by atoms with Gasteiger partial charge >= 0.3 is 0 Å². The Kier molecular flexibility index (Phi) is 5.36. The van der Waals surface area contributed by atoms with Gasteiger partial charge in [0.25, 0.3) is 5.91 Å². The molecule has 4 rings (SSSR count). The maximum Gasteiger partial charge on any atom is 0.269 e. The van der Waals surface area contributed by atoms with Gasteiger partial charge in [-0.2, -0.15) is 0 Å². The third kappa shape index (κ3) is 3.53. The Balaban J connectivity index is 1.74. The number of thioether (sulfide) groups is 2. The van der Waals surface area contributed by atoms with Crippen molar-refractivity contribution in [2.45, 2.75) is 25.7 Å². The third-order valence-corrected chi connectivity index (χ3v) is 7.43. The molecule has 2 heterocycles. The lowest BCUT2D eigenvalue weighted by Crippen LogP contribution is -2.29. The van der Waals surface area contributed by atoms with Crippen LogP contribution in [-0.4, -0.2) is 36.7 Å². The highest BCUT2D eigenvalue weighted by Gasteiger charge is 2.38. The van der Waals surface area contributed by atoms with Gasteiger partial charge in [-0.05, 0) is 61.9 Å². The number of amides is 1. The van der Waals surface area contributed by atoms with Crippen LogP contribution >= 0.6 is 23.5 Å². The standard InChI is InChI=1S/C22H23N3O2S2/c1-6-25-20(26)19(29-22(25)23-16-11-13(2)7-8-14(16)3)21-24(4)17-12-15(27-5)9-10-18(17)28-21/h7-12H,6H2,1-5H3/b21-19-,23-22?. The molecule has 150 valence electrons. The summed E-state index contributed by atoms with van der Waals surface area (Å²) in [7, 11) is 3.65. The summed E-state index contributed by atoms with van der Waals surface area (Å²) in [6.45, 7) is 6.66. The lowest BCUT2D eigenvalue weighted by Gasteiger charge is -2.15. The van der Waals surface area contributed by atoms with E-state index >= 15 is 0 Å². The first-order valence-electron chi connectivity index (χ1n) is 9.42. The smallest absolute Gasteiger partial charge is 0.269 e. The van der Waals surface area contributed by atoms with Gasteiger partial charge in [0, 0.05) is 24.6 Å². The highest BCUT2D eigenvalue weighted by Crippen LogP contribution is 2.51. The molecule has 0 spiro atoms. The average Bonchev–Trinajstić information content (AvgIpc) is 3.20. The van der Waals surface area contributed by atoms with Crippen LogP contribution in [0.1, 0.15) is 18.1 Å². The van der Waals surface area contributed by atoms with Gasteiger partial charge in [0.05, 0.1) is 23.5 Å².